The van der Waals surface area contributed by atoms with Gasteiger partial charge in [0.25, 0.3) is 0 Å². The maximum Gasteiger partial charge on any atom is 0.0935 e. The number of nitrogens with zero attached hydrogens (tertiary/aromatic N) is 1. The maximum atomic E-state index is 12.0. The van der Waals surface area contributed by atoms with Gasteiger partial charge in [0.2, 0.25) is 0 Å². The standard InChI is InChI=1S/C6H13FN2/c1-8-9-3-2-6(4-7)5-9/h6,8H,2-5H2,1H3. The number of hydrogen-bond donors (Lipinski definition) is 1. The summed E-state index contributed by atoms with van der Waals surface area (Å²) in [6, 6.07) is 0. The topological polar surface area (TPSA) is 15.3 Å². The highest BCUT2D eigenvalue weighted by molar-refractivity contribution is 4.71. The van der Waals surface area contributed by atoms with Crippen LogP contribution in [0.25, 0.3) is 0 Å². The van der Waals surface area contributed by atoms with E-state index in [4.69, 9.17) is 0 Å². The molecule has 1 aliphatic heterocycles. The van der Waals surface area contributed by atoms with Gasteiger partial charge < -0.3 is 0 Å². The van der Waals surface area contributed by atoms with Crippen molar-refractivity contribution >= 4 is 0 Å². The molecule has 1 aliphatic rings. The molecule has 2 nitrogen and oxygen atoms in total. The third-order valence-electron chi connectivity index (χ3n) is 1.82. The van der Waals surface area contributed by atoms with Crippen molar-refractivity contribution in [3.63, 3.8) is 0 Å². The summed E-state index contributed by atoms with van der Waals surface area (Å²) in [4.78, 5) is 0. The van der Waals surface area contributed by atoms with Gasteiger partial charge in [-0.2, -0.15) is 0 Å². The van der Waals surface area contributed by atoms with Gasteiger partial charge in [-0.15, -0.1) is 0 Å². The molecule has 0 aromatic heterocycles. The normalized spacial score (nSPS) is 29.3. The quantitative estimate of drug-likeness (QED) is 0.585. The van der Waals surface area contributed by atoms with Gasteiger partial charge >= 0.3 is 0 Å². The summed E-state index contributed by atoms with van der Waals surface area (Å²) in [5.41, 5.74) is 2.99. The molecule has 1 N–H and O–H groups in total. The van der Waals surface area contributed by atoms with Gasteiger partial charge in [-0.1, -0.05) is 0 Å². The highest BCUT2D eigenvalue weighted by Gasteiger charge is 2.20. The Morgan fingerprint density at radius 2 is 2.56 bits per heavy atom. The molecule has 1 saturated heterocycles. The molecule has 0 aromatic rings. The van der Waals surface area contributed by atoms with Crippen molar-refractivity contribution in [3.05, 3.63) is 0 Å². The van der Waals surface area contributed by atoms with Crippen molar-refractivity contribution in [2.45, 2.75) is 6.42 Å². The Morgan fingerprint density at radius 3 is 2.89 bits per heavy atom. The number of alkyl halides is 1. The minimum atomic E-state index is -0.168. The molecule has 0 bridgehead atoms. The zero-order valence-electron chi connectivity index (χ0n) is 5.73. The van der Waals surface area contributed by atoms with Crippen LogP contribution in [0.1, 0.15) is 6.42 Å². The summed E-state index contributed by atoms with van der Waals surface area (Å²) in [6.45, 7) is 1.69. The van der Waals surface area contributed by atoms with Gasteiger partial charge in [0.1, 0.15) is 0 Å². The third-order valence-corrected chi connectivity index (χ3v) is 1.82. The fraction of sp³-hybridized carbons (Fsp3) is 1.00. The van der Waals surface area contributed by atoms with Gasteiger partial charge in [0.15, 0.2) is 0 Å². The summed E-state index contributed by atoms with van der Waals surface area (Å²) < 4.78 is 12.0. The lowest BCUT2D eigenvalue weighted by atomic mass is 10.1. The number of hydrazine groups is 1. The largest absolute Gasteiger partial charge is 0.258 e. The molecule has 9 heavy (non-hydrogen) atoms. The fourth-order valence-electron chi connectivity index (χ4n) is 1.16. The fourth-order valence-corrected chi connectivity index (χ4v) is 1.16. The van der Waals surface area contributed by atoms with E-state index in [9.17, 15) is 4.39 Å². The minimum absolute atomic E-state index is 0.168. The van der Waals surface area contributed by atoms with Crippen LogP contribution in [0.2, 0.25) is 0 Å². The van der Waals surface area contributed by atoms with Crippen LogP contribution in [0.5, 0.6) is 0 Å². The highest BCUT2D eigenvalue weighted by atomic mass is 19.1. The van der Waals surface area contributed by atoms with E-state index < -0.39 is 0 Å². The Labute approximate surface area is 55.0 Å². The van der Waals surface area contributed by atoms with Gasteiger partial charge in [0.05, 0.1) is 6.67 Å². The Kier molecular flexibility index (Phi) is 2.42. The van der Waals surface area contributed by atoms with E-state index in [2.05, 4.69) is 5.43 Å². The van der Waals surface area contributed by atoms with Crippen molar-refractivity contribution in [2.75, 3.05) is 26.8 Å². The zero-order valence-corrected chi connectivity index (χ0v) is 5.73. The second-order valence-electron chi connectivity index (χ2n) is 2.48. The molecule has 54 valence electrons. The summed E-state index contributed by atoms with van der Waals surface area (Å²) in [6.07, 6.45) is 0.997. The van der Waals surface area contributed by atoms with Crippen molar-refractivity contribution in [1.29, 1.82) is 0 Å². The Hall–Kier alpha value is -0.150. The molecular weight excluding hydrogens is 119 g/mol. The van der Waals surface area contributed by atoms with Crippen LogP contribution >= 0.6 is 0 Å². The Morgan fingerprint density at radius 1 is 1.78 bits per heavy atom. The van der Waals surface area contributed by atoms with Gasteiger partial charge in [-0.05, 0) is 13.5 Å². The number of halogens is 1. The first-order valence-corrected chi connectivity index (χ1v) is 3.35. The van der Waals surface area contributed by atoms with Crippen molar-refractivity contribution in [3.8, 4) is 0 Å². The molecule has 1 atom stereocenters. The first-order valence-electron chi connectivity index (χ1n) is 3.35. The predicted octanol–water partition coefficient (Wildman–Crippen LogP) is 0.412. The van der Waals surface area contributed by atoms with E-state index in [0.717, 1.165) is 19.5 Å². The van der Waals surface area contributed by atoms with Crippen LogP contribution in [0.3, 0.4) is 0 Å². The molecule has 0 amide bonds. The molecule has 0 saturated carbocycles. The highest BCUT2D eigenvalue weighted by Crippen LogP contribution is 2.13. The Bertz CT molecular complexity index is 77.1. The molecule has 0 aliphatic carbocycles. The molecular formula is C6H13FN2. The van der Waals surface area contributed by atoms with Gasteiger partial charge in [-0.25, -0.2) is 5.01 Å². The third kappa shape index (κ3) is 1.63. The smallest absolute Gasteiger partial charge is 0.0935 e. The lowest BCUT2D eigenvalue weighted by Gasteiger charge is -2.11. The second-order valence-corrected chi connectivity index (χ2v) is 2.48. The number of rotatable bonds is 2. The Balaban J connectivity index is 2.20. The van der Waals surface area contributed by atoms with E-state index in [0.29, 0.717) is 0 Å². The first kappa shape index (κ1) is 6.96. The average Bonchev–Trinajstić information content (AvgIpc) is 2.34. The van der Waals surface area contributed by atoms with E-state index in [1.807, 2.05) is 12.1 Å². The number of hydrogen-bond acceptors (Lipinski definition) is 2. The first-order chi connectivity index (χ1) is 4.36. The SMILES string of the molecule is CNN1CCC(CF)C1. The number of nitrogens with one attached hydrogen (secondary N) is 1. The van der Waals surface area contributed by atoms with E-state index in [1.165, 1.54) is 0 Å². The zero-order chi connectivity index (χ0) is 6.69. The molecule has 0 radical (unpaired) electrons. The average molecular weight is 132 g/mol. The second kappa shape index (κ2) is 3.13. The molecule has 0 aromatic carbocycles. The van der Waals surface area contributed by atoms with Gasteiger partial charge in [-0.3, -0.25) is 9.82 Å². The molecule has 1 heterocycles. The van der Waals surface area contributed by atoms with Gasteiger partial charge in [0, 0.05) is 19.0 Å². The van der Waals surface area contributed by atoms with Crippen LogP contribution in [0, 0.1) is 5.92 Å². The lowest BCUT2D eigenvalue weighted by molar-refractivity contribution is 0.242. The monoisotopic (exact) mass is 132 g/mol. The molecule has 0 spiro atoms. The van der Waals surface area contributed by atoms with E-state index >= 15 is 0 Å². The lowest BCUT2D eigenvalue weighted by Crippen LogP contribution is -2.32. The van der Waals surface area contributed by atoms with Crippen molar-refractivity contribution in [2.24, 2.45) is 5.92 Å². The molecule has 3 heteroatoms. The van der Waals surface area contributed by atoms with Crippen LogP contribution < -0.4 is 5.43 Å². The molecule has 1 unspecified atom stereocenters. The van der Waals surface area contributed by atoms with Crippen LogP contribution in [-0.4, -0.2) is 31.8 Å². The van der Waals surface area contributed by atoms with E-state index in [1.54, 1.807) is 0 Å². The van der Waals surface area contributed by atoms with Crippen LogP contribution in [-0.2, 0) is 0 Å². The summed E-state index contributed by atoms with van der Waals surface area (Å²) in [7, 11) is 1.88. The maximum absolute atomic E-state index is 12.0. The predicted molar refractivity (Wildman–Crippen MR) is 34.7 cm³/mol. The minimum Gasteiger partial charge on any atom is -0.258 e. The molecule has 1 rings (SSSR count). The van der Waals surface area contributed by atoms with Crippen molar-refractivity contribution < 1.29 is 4.39 Å². The van der Waals surface area contributed by atoms with Crippen molar-refractivity contribution in [1.82, 2.24) is 10.4 Å². The van der Waals surface area contributed by atoms with Crippen LogP contribution in [0.15, 0.2) is 0 Å². The summed E-state index contributed by atoms with van der Waals surface area (Å²) in [5, 5.41) is 2.05. The van der Waals surface area contributed by atoms with E-state index in [-0.39, 0.29) is 12.6 Å². The summed E-state index contributed by atoms with van der Waals surface area (Å²) in [5.74, 6) is 0.275. The summed E-state index contributed by atoms with van der Waals surface area (Å²) >= 11 is 0. The van der Waals surface area contributed by atoms with Crippen LogP contribution in [0.4, 0.5) is 4.39 Å². The molecule has 1 fully saturated rings.